The normalized spacial score (nSPS) is 25.7. The van der Waals surface area contributed by atoms with Crippen molar-refractivity contribution < 1.29 is 14.7 Å². The van der Waals surface area contributed by atoms with Gasteiger partial charge >= 0.3 is 12.0 Å². The van der Waals surface area contributed by atoms with Gasteiger partial charge in [0.2, 0.25) is 0 Å². The van der Waals surface area contributed by atoms with E-state index in [1.54, 1.807) is 0 Å². The first kappa shape index (κ1) is 13.1. The minimum Gasteiger partial charge on any atom is -0.480 e. The predicted octanol–water partition coefficient (Wildman–Crippen LogP) is 0.341. The van der Waals surface area contributed by atoms with E-state index in [-0.39, 0.29) is 6.03 Å². The van der Waals surface area contributed by atoms with Crippen molar-refractivity contribution in [2.24, 2.45) is 0 Å². The van der Waals surface area contributed by atoms with Crippen molar-refractivity contribution >= 4 is 12.0 Å². The number of hydrogen-bond acceptors (Lipinski definition) is 3. The summed E-state index contributed by atoms with van der Waals surface area (Å²) in [7, 11) is 0. The molecule has 2 aliphatic rings. The molecule has 0 aliphatic carbocycles. The Morgan fingerprint density at radius 2 is 1.72 bits per heavy atom. The van der Waals surface area contributed by atoms with Crippen molar-refractivity contribution in [3.8, 4) is 0 Å². The average Bonchev–Trinajstić information content (AvgIpc) is 2.66. The van der Waals surface area contributed by atoms with Crippen LogP contribution in [0.15, 0.2) is 0 Å². The van der Waals surface area contributed by atoms with Crippen LogP contribution in [0.2, 0.25) is 0 Å². The molecular weight excluding hydrogens is 234 g/mol. The van der Waals surface area contributed by atoms with Crippen LogP contribution in [0.5, 0.6) is 0 Å². The summed E-state index contributed by atoms with van der Waals surface area (Å²) < 4.78 is 0. The molecule has 0 spiro atoms. The third kappa shape index (κ3) is 2.93. The summed E-state index contributed by atoms with van der Waals surface area (Å²) in [6.07, 6.45) is 4.37. The number of nitrogens with zero attached hydrogens (tertiary/aromatic N) is 2. The molecule has 2 aliphatic heterocycles. The van der Waals surface area contributed by atoms with Crippen molar-refractivity contribution in [2.45, 2.75) is 31.7 Å². The van der Waals surface area contributed by atoms with E-state index in [1.807, 2.05) is 4.90 Å². The topological polar surface area (TPSA) is 72.9 Å². The quantitative estimate of drug-likeness (QED) is 0.708. The lowest BCUT2D eigenvalue weighted by atomic mass is 10.2. The fourth-order valence-corrected chi connectivity index (χ4v) is 2.60. The molecule has 2 rings (SSSR count). The molecule has 0 aromatic carbocycles. The van der Waals surface area contributed by atoms with Gasteiger partial charge < -0.3 is 20.2 Å². The molecule has 2 fully saturated rings. The molecule has 2 amide bonds. The summed E-state index contributed by atoms with van der Waals surface area (Å²) in [5.74, 6) is -0.926. The molecule has 1 atom stereocenters. The fourth-order valence-electron chi connectivity index (χ4n) is 2.60. The summed E-state index contributed by atoms with van der Waals surface area (Å²) in [5, 5.41) is 12.2. The molecule has 0 aromatic rings. The summed E-state index contributed by atoms with van der Waals surface area (Å²) >= 11 is 0. The Bertz CT molecular complexity index is 314. The molecule has 6 heteroatoms. The lowest BCUT2D eigenvalue weighted by molar-refractivity contribution is -0.142. The number of amides is 2. The second-order valence-electron chi connectivity index (χ2n) is 4.94. The maximum atomic E-state index is 12.4. The van der Waals surface area contributed by atoms with Crippen LogP contribution in [0.3, 0.4) is 0 Å². The van der Waals surface area contributed by atoms with Crippen LogP contribution in [-0.4, -0.2) is 65.7 Å². The number of carboxylic acids is 1. The maximum Gasteiger partial charge on any atom is 0.327 e. The minimum absolute atomic E-state index is 0.106. The van der Waals surface area contributed by atoms with Crippen molar-refractivity contribution in [2.75, 3.05) is 32.7 Å². The van der Waals surface area contributed by atoms with E-state index >= 15 is 0 Å². The van der Waals surface area contributed by atoms with Crippen LogP contribution < -0.4 is 5.32 Å². The first-order valence-corrected chi connectivity index (χ1v) is 6.69. The highest BCUT2D eigenvalue weighted by Gasteiger charge is 2.34. The van der Waals surface area contributed by atoms with Gasteiger partial charge in [0.25, 0.3) is 0 Å². The van der Waals surface area contributed by atoms with Gasteiger partial charge in [0, 0.05) is 32.7 Å². The van der Waals surface area contributed by atoms with E-state index in [1.165, 1.54) is 4.90 Å². The smallest absolute Gasteiger partial charge is 0.327 e. The highest BCUT2D eigenvalue weighted by molar-refractivity contribution is 5.83. The van der Waals surface area contributed by atoms with Gasteiger partial charge in [-0.05, 0) is 12.8 Å². The zero-order valence-corrected chi connectivity index (χ0v) is 10.6. The van der Waals surface area contributed by atoms with Crippen molar-refractivity contribution in [1.29, 1.82) is 0 Å². The molecule has 6 nitrogen and oxygen atoms in total. The number of aliphatic carboxylic acids is 1. The number of carbonyl (C=O) groups is 2. The standard InChI is InChI=1S/C12H21N3O3/c16-11(17)10-9-13-5-8-15(10)12(18)14-6-3-1-2-4-7-14/h10,13H,1-9H2,(H,16,17). The van der Waals surface area contributed by atoms with Gasteiger partial charge in [-0.2, -0.15) is 0 Å². The van der Waals surface area contributed by atoms with Gasteiger partial charge in [-0.3, -0.25) is 0 Å². The lowest BCUT2D eigenvalue weighted by Crippen LogP contribution is -2.60. The van der Waals surface area contributed by atoms with Gasteiger partial charge in [0.05, 0.1) is 0 Å². The van der Waals surface area contributed by atoms with E-state index in [0.29, 0.717) is 19.6 Å². The predicted molar refractivity (Wildman–Crippen MR) is 66.4 cm³/mol. The second-order valence-corrected chi connectivity index (χ2v) is 4.94. The zero-order valence-electron chi connectivity index (χ0n) is 10.6. The van der Waals surface area contributed by atoms with Gasteiger partial charge in [-0.15, -0.1) is 0 Å². The Kier molecular flexibility index (Phi) is 4.41. The maximum absolute atomic E-state index is 12.4. The van der Waals surface area contributed by atoms with E-state index < -0.39 is 12.0 Å². The van der Waals surface area contributed by atoms with Crippen LogP contribution in [0.25, 0.3) is 0 Å². The molecule has 2 N–H and O–H groups in total. The first-order valence-electron chi connectivity index (χ1n) is 6.69. The van der Waals surface area contributed by atoms with Gasteiger partial charge in [0.15, 0.2) is 0 Å². The number of urea groups is 1. The molecule has 0 saturated carbocycles. The number of carboxylic acid groups (broad SMARTS) is 1. The van der Waals surface area contributed by atoms with Gasteiger partial charge in [0.1, 0.15) is 6.04 Å². The molecular formula is C12H21N3O3. The van der Waals surface area contributed by atoms with Crippen LogP contribution in [-0.2, 0) is 4.79 Å². The second kappa shape index (κ2) is 6.04. The molecule has 102 valence electrons. The molecule has 2 saturated heterocycles. The molecule has 0 aromatic heterocycles. The van der Waals surface area contributed by atoms with Crippen molar-refractivity contribution in [3.63, 3.8) is 0 Å². The molecule has 0 radical (unpaired) electrons. The number of piperazine rings is 1. The van der Waals surface area contributed by atoms with Crippen LogP contribution in [0, 0.1) is 0 Å². The molecule has 2 heterocycles. The highest BCUT2D eigenvalue weighted by atomic mass is 16.4. The Hall–Kier alpha value is -1.30. The van der Waals surface area contributed by atoms with E-state index in [9.17, 15) is 9.59 Å². The number of rotatable bonds is 1. The number of hydrogen-bond donors (Lipinski definition) is 2. The summed E-state index contributed by atoms with van der Waals surface area (Å²) in [4.78, 5) is 26.9. The SMILES string of the molecule is O=C(O)C1CNCCN1C(=O)N1CCCCCC1. The van der Waals surface area contributed by atoms with Gasteiger partial charge in [-0.1, -0.05) is 12.8 Å². The van der Waals surface area contributed by atoms with Gasteiger partial charge in [-0.25, -0.2) is 9.59 Å². The number of likely N-dealkylation sites (tertiary alicyclic amines) is 1. The summed E-state index contributed by atoms with van der Waals surface area (Å²) in [6.45, 7) is 3.01. The van der Waals surface area contributed by atoms with Crippen LogP contribution in [0.1, 0.15) is 25.7 Å². The molecule has 0 bridgehead atoms. The highest BCUT2D eigenvalue weighted by Crippen LogP contribution is 2.14. The molecule has 1 unspecified atom stereocenters. The van der Waals surface area contributed by atoms with E-state index in [4.69, 9.17) is 5.11 Å². The Balaban J connectivity index is 2.02. The van der Waals surface area contributed by atoms with Crippen molar-refractivity contribution in [3.05, 3.63) is 0 Å². The number of nitrogens with one attached hydrogen (secondary N) is 1. The average molecular weight is 255 g/mol. The number of carbonyl (C=O) groups excluding carboxylic acids is 1. The van der Waals surface area contributed by atoms with Crippen molar-refractivity contribution in [1.82, 2.24) is 15.1 Å². The molecule has 18 heavy (non-hydrogen) atoms. The third-order valence-electron chi connectivity index (χ3n) is 3.65. The first-order chi connectivity index (χ1) is 8.70. The van der Waals surface area contributed by atoms with Crippen LogP contribution in [0.4, 0.5) is 4.79 Å². The Morgan fingerprint density at radius 1 is 1.06 bits per heavy atom. The van der Waals surface area contributed by atoms with E-state index in [2.05, 4.69) is 5.32 Å². The zero-order chi connectivity index (χ0) is 13.0. The third-order valence-corrected chi connectivity index (χ3v) is 3.65. The Labute approximate surface area is 107 Å². The fraction of sp³-hybridized carbons (Fsp3) is 0.833. The monoisotopic (exact) mass is 255 g/mol. The Morgan fingerprint density at radius 3 is 2.33 bits per heavy atom. The lowest BCUT2D eigenvalue weighted by Gasteiger charge is -2.37. The van der Waals surface area contributed by atoms with Crippen LogP contribution >= 0.6 is 0 Å². The summed E-state index contributed by atoms with van der Waals surface area (Å²) in [5.41, 5.74) is 0. The largest absolute Gasteiger partial charge is 0.480 e. The minimum atomic E-state index is -0.926. The summed E-state index contributed by atoms with van der Waals surface area (Å²) in [6, 6.07) is -0.833. The van der Waals surface area contributed by atoms with E-state index in [0.717, 1.165) is 38.8 Å².